The van der Waals surface area contributed by atoms with Crippen LogP contribution in [0.3, 0.4) is 0 Å². The minimum absolute atomic E-state index is 0.0224. The maximum Gasteiger partial charge on any atom is 0.242 e. The zero-order valence-corrected chi connectivity index (χ0v) is 10.9. The summed E-state index contributed by atoms with van der Waals surface area (Å²) in [6.45, 7) is 4.60. The molecule has 0 aliphatic heterocycles. The number of carbonyl (C=O) groups is 1. The summed E-state index contributed by atoms with van der Waals surface area (Å²) < 4.78 is 0. The predicted octanol–water partition coefficient (Wildman–Crippen LogP) is 2.27. The van der Waals surface area contributed by atoms with Crippen molar-refractivity contribution in [1.82, 2.24) is 5.32 Å². The monoisotopic (exact) mass is 245 g/mol. The van der Waals surface area contributed by atoms with Gasteiger partial charge in [0.1, 0.15) is 6.04 Å². The van der Waals surface area contributed by atoms with Gasteiger partial charge in [0.25, 0.3) is 0 Å². The number of nitriles is 1. The second-order valence-electron chi connectivity index (χ2n) is 4.20. The van der Waals surface area contributed by atoms with Gasteiger partial charge in [-0.3, -0.25) is 4.79 Å². The molecule has 0 spiro atoms. The van der Waals surface area contributed by atoms with Crippen molar-refractivity contribution in [2.45, 2.75) is 32.7 Å². The van der Waals surface area contributed by atoms with E-state index in [9.17, 15) is 4.79 Å². The molecule has 0 fully saturated rings. The van der Waals surface area contributed by atoms with Crippen LogP contribution in [-0.4, -0.2) is 18.5 Å². The second kappa shape index (κ2) is 7.33. The maximum absolute atomic E-state index is 11.7. The number of nitrogens with zero attached hydrogens (tertiary/aromatic N) is 1. The van der Waals surface area contributed by atoms with Crippen molar-refractivity contribution in [3.05, 3.63) is 29.8 Å². The van der Waals surface area contributed by atoms with Gasteiger partial charge in [0, 0.05) is 12.2 Å². The van der Waals surface area contributed by atoms with Gasteiger partial charge in [0.2, 0.25) is 5.91 Å². The summed E-state index contributed by atoms with van der Waals surface area (Å²) in [5.41, 5.74) is 1.37. The highest BCUT2D eigenvalue weighted by molar-refractivity contribution is 5.84. The van der Waals surface area contributed by atoms with E-state index in [1.807, 2.05) is 6.07 Å². The van der Waals surface area contributed by atoms with Crippen molar-refractivity contribution >= 4 is 11.6 Å². The molecule has 2 N–H and O–H groups in total. The highest BCUT2D eigenvalue weighted by atomic mass is 16.2. The number of rotatable bonds is 6. The van der Waals surface area contributed by atoms with Gasteiger partial charge in [0.05, 0.1) is 11.6 Å². The first kappa shape index (κ1) is 14.0. The lowest BCUT2D eigenvalue weighted by molar-refractivity contribution is -0.121. The fraction of sp³-hybridized carbons (Fsp3) is 0.429. The zero-order valence-electron chi connectivity index (χ0n) is 10.9. The fourth-order valence-corrected chi connectivity index (χ4v) is 1.54. The number of nitrogens with one attached hydrogen (secondary N) is 2. The van der Waals surface area contributed by atoms with Crippen LogP contribution in [0.15, 0.2) is 24.3 Å². The molecule has 1 amide bonds. The highest BCUT2D eigenvalue weighted by Crippen LogP contribution is 2.10. The lowest BCUT2D eigenvalue weighted by atomic mass is 10.2. The molecule has 96 valence electrons. The Morgan fingerprint density at radius 2 is 2.28 bits per heavy atom. The van der Waals surface area contributed by atoms with Gasteiger partial charge >= 0.3 is 0 Å². The summed E-state index contributed by atoms with van der Waals surface area (Å²) in [5.74, 6) is -0.0224. The van der Waals surface area contributed by atoms with Crippen LogP contribution < -0.4 is 10.6 Å². The van der Waals surface area contributed by atoms with Gasteiger partial charge < -0.3 is 10.6 Å². The Morgan fingerprint density at radius 1 is 1.50 bits per heavy atom. The van der Waals surface area contributed by atoms with Gasteiger partial charge in [0.15, 0.2) is 0 Å². The molecular weight excluding hydrogens is 226 g/mol. The van der Waals surface area contributed by atoms with Crippen molar-refractivity contribution in [2.75, 3.05) is 11.9 Å². The topological polar surface area (TPSA) is 64.9 Å². The Balaban J connectivity index is 2.50. The molecule has 0 bridgehead atoms. The second-order valence-corrected chi connectivity index (χ2v) is 4.20. The van der Waals surface area contributed by atoms with Crippen LogP contribution in [0, 0.1) is 11.3 Å². The van der Waals surface area contributed by atoms with Crippen LogP contribution in [0.25, 0.3) is 0 Å². The Kier molecular flexibility index (Phi) is 5.72. The first-order chi connectivity index (χ1) is 8.67. The van der Waals surface area contributed by atoms with Gasteiger partial charge in [-0.15, -0.1) is 0 Å². The molecule has 4 nitrogen and oxygen atoms in total. The quantitative estimate of drug-likeness (QED) is 0.756. The van der Waals surface area contributed by atoms with Crippen LogP contribution in [0.1, 0.15) is 32.3 Å². The van der Waals surface area contributed by atoms with Crippen molar-refractivity contribution in [1.29, 1.82) is 5.26 Å². The molecule has 18 heavy (non-hydrogen) atoms. The fourth-order valence-electron chi connectivity index (χ4n) is 1.54. The molecule has 0 saturated carbocycles. The molecule has 1 aromatic rings. The maximum atomic E-state index is 11.7. The molecule has 1 atom stereocenters. The Labute approximate surface area is 108 Å². The van der Waals surface area contributed by atoms with E-state index in [0.29, 0.717) is 12.1 Å². The standard InChI is InChI=1S/C14H19N3O/c1-3-4-8-16-14(18)11(2)17-13-7-5-6-12(9-13)10-15/h5-7,9,11,17H,3-4,8H2,1-2H3,(H,16,18). The molecule has 1 rings (SSSR count). The minimum atomic E-state index is -0.309. The smallest absolute Gasteiger partial charge is 0.242 e. The van der Waals surface area contributed by atoms with Crippen molar-refractivity contribution in [2.24, 2.45) is 0 Å². The Bertz CT molecular complexity index is 437. The number of anilines is 1. The van der Waals surface area contributed by atoms with E-state index in [1.54, 1.807) is 25.1 Å². The summed E-state index contributed by atoms with van der Waals surface area (Å²) in [7, 11) is 0. The largest absolute Gasteiger partial charge is 0.374 e. The molecule has 0 saturated heterocycles. The third-order valence-corrected chi connectivity index (χ3v) is 2.60. The number of unbranched alkanes of at least 4 members (excludes halogenated alkanes) is 1. The molecular formula is C14H19N3O. The molecule has 1 aromatic carbocycles. The van der Waals surface area contributed by atoms with E-state index in [-0.39, 0.29) is 11.9 Å². The highest BCUT2D eigenvalue weighted by Gasteiger charge is 2.11. The normalized spacial score (nSPS) is 11.4. The average molecular weight is 245 g/mol. The van der Waals surface area contributed by atoms with Crippen molar-refractivity contribution in [3.8, 4) is 6.07 Å². The van der Waals surface area contributed by atoms with Crippen LogP contribution in [-0.2, 0) is 4.79 Å². The van der Waals surface area contributed by atoms with E-state index in [4.69, 9.17) is 5.26 Å². The first-order valence-electron chi connectivity index (χ1n) is 6.21. The van der Waals surface area contributed by atoms with Crippen LogP contribution in [0.4, 0.5) is 5.69 Å². The Morgan fingerprint density at radius 3 is 2.94 bits per heavy atom. The number of amides is 1. The molecule has 1 unspecified atom stereocenters. The summed E-state index contributed by atoms with van der Waals surface area (Å²) in [5, 5.41) is 14.7. The lowest BCUT2D eigenvalue weighted by Crippen LogP contribution is -2.37. The summed E-state index contributed by atoms with van der Waals surface area (Å²) in [6.07, 6.45) is 2.05. The van der Waals surface area contributed by atoms with E-state index < -0.39 is 0 Å². The van der Waals surface area contributed by atoms with E-state index in [1.165, 1.54) is 0 Å². The number of benzene rings is 1. The zero-order chi connectivity index (χ0) is 13.4. The van der Waals surface area contributed by atoms with Gasteiger partial charge in [-0.2, -0.15) is 5.26 Å². The van der Waals surface area contributed by atoms with Gasteiger partial charge in [-0.1, -0.05) is 19.4 Å². The van der Waals surface area contributed by atoms with Crippen LogP contribution in [0.2, 0.25) is 0 Å². The lowest BCUT2D eigenvalue weighted by Gasteiger charge is -2.15. The van der Waals surface area contributed by atoms with E-state index in [2.05, 4.69) is 23.6 Å². The van der Waals surface area contributed by atoms with Gasteiger partial charge in [-0.25, -0.2) is 0 Å². The van der Waals surface area contributed by atoms with Crippen LogP contribution in [0.5, 0.6) is 0 Å². The van der Waals surface area contributed by atoms with E-state index >= 15 is 0 Å². The third-order valence-electron chi connectivity index (χ3n) is 2.60. The molecule has 0 radical (unpaired) electrons. The number of hydrogen-bond donors (Lipinski definition) is 2. The predicted molar refractivity (Wildman–Crippen MR) is 72.2 cm³/mol. The summed E-state index contributed by atoms with van der Waals surface area (Å²) in [6, 6.07) is 8.87. The van der Waals surface area contributed by atoms with Crippen molar-refractivity contribution < 1.29 is 4.79 Å². The SMILES string of the molecule is CCCCNC(=O)C(C)Nc1cccc(C#N)c1. The van der Waals surface area contributed by atoms with Gasteiger partial charge in [-0.05, 0) is 31.5 Å². The van der Waals surface area contributed by atoms with Crippen LogP contribution >= 0.6 is 0 Å². The Hall–Kier alpha value is -2.02. The molecule has 0 aromatic heterocycles. The molecule has 0 aliphatic carbocycles. The minimum Gasteiger partial charge on any atom is -0.374 e. The first-order valence-corrected chi connectivity index (χ1v) is 6.21. The van der Waals surface area contributed by atoms with E-state index in [0.717, 1.165) is 18.5 Å². The van der Waals surface area contributed by atoms with Crippen molar-refractivity contribution in [3.63, 3.8) is 0 Å². The molecule has 0 heterocycles. The molecule has 4 heteroatoms. The average Bonchev–Trinajstić information content (AvgIpc) is 2.39. The number of hydrogen-bond acceptors (Lipinski definition) is 3. The summed E-state index contributed by atoms with van der Waals surface area (Å²) >= 11 is 0. The number of carbonyl (C=O) groups excluding carboxylic acids is 1. The molecule has 0 aliphatic rings. The third kappa shape index (κ3) is 4.46. The summed E-state index contributed by atoms with van der Waals surface area (Å²) in [4.78, 5) is 11.7.